The fourth-order valence-electron chi connectivity index (χ4n) is 1.66. The van der Waals surface area contributed by atoms with Crippen molar-refractivity contribution in [1.82, 2.24) is 0 Å². The highest BCUT2D eigenvalue weighted by molar-refractivity contribution is 6.00. The van der Waals surface area contributed by atoms with Gasteiger partial charge in [-0.1, -0.05) is 11.2 Å². The normalized spacial score (nSPS) is 10.9. The van der Waals surface area contributed by atoms with Crippen molar-refractivity contribution in [3.05, 3.63) is 23.8 Å². The number of ketones is 1. The van der Waals surface area contributed by atoms with Crippen LogP contribution >= 0.6 is 0 Å². The smallest absolute Gasteiger partial charge is 0.319 e. The third kappa shape index (κ3) is 5.13. The molecule has 114 valence electrons. The van der Waals surface area contributed by atoms with Crippen LogP contribution in [0.2, 0.25) is 0 Å². The lowest BCUT2D eigenvalue weighted by atomic mass is 10.1. The fraction of sp³-hybridized carbons (Fsp3) is 0.357. The number of esters is 1. The number of methoxy groups -OCH3 is 2. The zero-order valence-electron chi connectivity index (χ0n) is 12.1. The molecular weight excluding hydrogens is 278 g/mol. The van der Waals surface area contributed by atoms with Crippen molar-refractivity contribution in [3.8, 4) is 11.5 Å². The molecule has 1 rings (SSSR count). The fourth-order valence-corrected chi connectivity index (χ4v) is 1.66. The van der Waals surface area contributed by atoms with Crippen molar-refractivity contribution >= 4 is 17.7 Å². The lowest BCUT2D eigenvalue weighted by molar-refractivity contribution is -0.139. The summed E-state index contributed by atoms with van der Waals surface area (Å²) in [7, 11) is 3.02. The number of rotatable bonds is 6. The Morgan fingerprint density at radius 2 is 1.86 bits per heavy atom. The Morgan fingerprint density at radius 3 is 2.43 bits per heavy atom. The Hall–Kier alpha value is -2.57. The number of Topliss-reactive ketones (excluding diaryl/α,β-unsaturated/α-hetero) is 1. The van der Waals surface area contributed by atoms with Crippen LogP contribution in [-0.4, -0.2) is 37.1 Å². The van der Waals surface area contributed by atoms with Gasteiger partial charge in [0.05, 0.1) is 14.2 Å². The summed E-state index contributed by atoms with van der Waals surface area (Å²) in [6, 6.07) is 5.07. The number of nitrogens with zero attached hydrogens (tertiary/aromatic N) is 1. The Bertz CT molecular complexity index is 552. The highest BCUT2D eigenvalue weighted by Gasteiger charge is 2.14. The first-order chi connectivity index (χ1) is 9.99. The van der Waals surface area contributed by atoms with Crippen molar-refractivity contribution in [3.63, 3.8) is 0 Å². The van der Waals surface area contributed by atoms with E-state index in [0.717, 1.165) is 0 Å². The van der Waals surface area contributed by atoms with Gasteiger partial charge in [-0.3, -0.25) is 9.59 Å². The zero-order chi connectivity index (χ0) is 15.8. The van der Waals surface area contributed by atoms with Gasteiger partial charge in [-0.25, -0.2) is 0 Å². The van der Waals surface area contributed by atoms with Gasteiger partial charge in [-0.05, 0) is 17.7 Å². The zero-order valence-corrected chi connectivity index (χ0v) is 12.1. The predicted octanol–water partition coefficient (Wildman–Crippen LogP) is 1.56. The standard InChI is InChI=1S/C14H17NO6/c1-9(15-18)21-14(17)8-11(16)6-10-4-5-12(19-2)13(7-10)20-3/h4-5,7,18H,6,8H2,1-3H3. The molecule has 0 saturated carbocycles. The third-order valence-corrected chi connectivity index (χ3v) is 2.59. The third-order valence-electron chi connectivity index (χ3n) is 2.59. The first-order valence-corrected chi connectivity index (χ1v) is 6.12. The van der Waals surface area contributed by atoms with E-state index in [1.54, 1.807) is 18.2 Å². The molecule has 21 heavy (non-hydrogen) atoms. The Labute approximate surface area is 122 Å². The van der Waals surface area contributed by atoms with Gasteiger partial charge < -0.3 is 19.4 Å². The lowest BCUT2D eigenvalue weighted by Gasteiger charge is -2.09. The highest BCUT2D eigenvalue weighted by Crippen LogP contribution is 2.27. The average molecular weight is 295 g/mol. The maximum Gasteiger partial charge on any atom is 0.319 e. The molecule has 1 aromatic carbocycles. The monoisotopic (exact) mass is 295 g/mol. The number of benzene rings is 1. The van der Waals surface area contributed by atoms with Gasteiger partial charge >= 0.3 is 5.97 Å². The quantitative estimate of drug-likeness (QED) is 0.214. The first-order valence-electron chi connectivity index (χ1n) is 6.12. The van der Waals surface area contributed by atoms with Crippen LogP contribution in [0.15, 0.2) is 23.4 Å². The van der Waals surface area contributed by atoms with E-state index in [2.05, 4.69) is 9.89 Å². The van der Waals surface area contributed by atoms with E-state index in [1.165, 1.54) is 21.1 Å². The maximum atomic E-state index is 11.8. The summed E-state index contributed by atoms with van der Waals surface area (Å²) >= 11 is 0. The Balaban J connectivity index is 2.65. The average Bonchev–Trinajstić information content (AvgIpc) is 2.46. The summed E-state index contributed by atoms with van der Waals surface area (Å²) in [5.74, 6) is -0.232. The van der Waals surface area contributed by atoms with Gasteiger partial charge in [0.2, 0.25) is 5.90 Å². The van der Waals surface area contributed by atoms with Gasteiger partial charge in [0.25, 0.3) is 0 Å². The van der Waals surface area contributed by atoms with Gasteiger partial charge in [-0.2, -0.15) is 0 Å². The Kier molecular flexibility index (Phi) is 6.19. The van der Waals surface area contributed by atoms with Gasteiger partial charge in [0.15, 0.2) is 11.5 Å². The minimum atomic E-state index is -0.768. The molecule has 0 aromatic heterocycles. The van der Waals surface area contributed by atoms with Crippen molar-refractivity contribution < 1.29 is 29.0 Å². The van der Waals surface area contributed by atoms with Crippen LogP contribution in [-0.2, 0) is 20.7 Å². The molecule has 0 aliphatic rings. The molecule has 0 amide bonds. The summed E-state index contributed by atoms with van der Waals surface area (Å²) in [4.78, 5) is 23.1. The molecule has 0 bridgehead atoms. The summed E-state index contributed by atoms with van der Waals surface area (Å²) in [6.07, 6.45) is -0.341. The van der Waals surface area contributed by atoms with Gasteiger partial charge in [-0.15, -0.1) is 0 Å². The highest BCUT2D eigenvalue weighted by atomic mass is 16.6. The second-order valence-corrected chi connectivity index (χ2v) is 4.17. The summed E-state index contributed by atoms with van der Waals surface area (Å²) in [6.45, 7) is 1.30. The SMILES string of the molecule is COc1ccc(CC(=O)CC(=O)OC(C)=NO)cc1OC. The van der Waals surface area contributed by atoms with Crippen molar-refractivity contribution in [2.75, 3.05) is 14.2 Å². The molecule has 0 aliphatic carbocycles. The Morgan fingerprint density at radius 1 is 1.19 bits per heavy atom. The van der Waals surface area contributed by atoms with E-state index in [9.17, 15) is 9.59 Å². The number of oxime groups is 1. The molecule has 1 aromatic rings. The molecule has 0 spiro atoms. The second kappa shape index (κ2) is 7.88. The van der Waals surface area contributed by atoms with Gasteiger partial charge in [0, 0.05) is 13.3 Å². The van der Waals surface area contributed by atoms with Crippen molar-refractivity contribution in [2.45, 2.75) is 19.8 Å². The van der Waals surface area contributed by atoms with Crippen molar-refractivity contribution in [1.29, 1.82) is 0 Å². The summed E-state index contributed by atoms with van der Waals surface area (Å²) in [5, 5.41) is 11.1. The number of hydrogen-bond donors (Lipinski definition) is 1. The largest absolute Gasteiger partial charge is 0.493 e. The minimum Gasteiger partial charge on any atom is -0.493 e. The van der Waals surface area contributed by atoms with E-state index in [1.807, 2.05) is 0 Å². The maximum absolute atomic E-state index is 11.8. The summed E-state index contributed by atoms with van der Waals surface area (Å²) in [5.41, 5.74) is 0.693. The van der Waals surface area contributed by atoms with Crippen LogP contribution in [0.4, 0.5) is 0 Å². The van der Waals surface area contributed by atoms with Crippen LogP contribution < -0.4 is 9.47 Å². The predicted molar refractivity (Wildman–Crippen MR) is 73.9 cm³/mol. The minimum absolute atomic E-state index is 0.0603. The van der Waals surface area contributed by atoms with E-state index in [0.29, 0.717) is 17.1 Å². The van der Waals surface area contributed by atoms with Crippen LogP contribution in [0.5, 0.6) is 11.5 Å². The number of hydrogen-bond acceptors (Lipinski definition) is 7. The van der Waals surface area contributed by atoms with E-state index in [4.69, 9.17) is 14.7 Å². The van der Waals surface area contributed by atoms with Gasteiger partial charge in [0.1, 0.15) is 12.2 Å². The summed E-state index contributed by atoms with van der Waals surface area (Å²) < 4.78 is 14.8. The molecule has 7 nitrogen and oxygen atoms in total. The molecule has 7 heteroatoms. The molecule has 0 saturated heterocycles. The molecule has 0 radical (unpaired) electrons. The molecule has 0 fully saturated rings. The number of ether oxygens (including phenoxy) is 3. The number of carbonyl (C=O) groups is 2. The number of carbonyl (C=O) groups excluding carboxylic acids is 2. The first kappa shape index (κ1) is 16.5. The lowest BCUT2D eigenvalue weighted by Crippen LogP contribution is -2.15. The van der Waals surface area contributed by atoms with E-state index in [-0.39, 0.29) is 18.1 Å². The molecule has 0 aliphatic heterocycles. The molecule has 0 unspecified atom stereocenters. The van der Waals surface area contributed by atoms with E-state index >= 15 is 0 Å². The van der Waals surface area contributed by atoms with Crippen molar-refractivity contribution in [2.24, 2.45) is 5.16 Å². The van der Waals surface area contributed by atoms with Crippen LogP contribution in [0.3, 0.4) is 0 Å². The van der Waals surface area contributed by atoms with E-state index < -0.39 is 12.4 Å². The second-order valence-electron chi connectivity index (χ2n) is 4.17. The molecule has 1 N–H and O–H groups in total. The molecular formula is C14H17NO6. The molecule has 0 heterocycles. The van der Waals surface area contributed by atoms with Crippen LogP contribution in [0.25, 0.3) is 0 Å². The topological polar surface area (TPSA) is 94.4 Å². The molecule has 0 atom stereocenters. The van der Waals surface area contributed by atoms with Crippen LogP contribution in [0.1, 0.15) is 18.9 Å². The van der Waals surface area contributed by atoms with Crippen LogP contribution in [0, 0.1) is 0 Å².